The minimum Gasteiger partial charge on any atom is -0.300 e. The van der Waals surface area contributed by atoms with Crippen molar-refractivity contribution in [2.24, 2.45) is 5.92 Å². The summed E-state index contributed by atoms with van der Waals surface area (Å²) in [6.07, 6.45) is 1.84. The zero-order valence-electron chi connectivity index (χ0n) is 5.60. The average Bonchev–Trinajstić information content (AvgIpc) is 2.34. The van der Waals surface area contributed by atoms with E-state index in [0.29, 0.717) is 18.2 Å². The maximum atomic E-state index is 11.0. The Balaban J connectivity index is 2.44. The summed E-state index contributed by atoms with van der Waals surface area (Å²) in [7, 11) is 0. The van der Waals surface area contributed by atoms with Gasteiger partial charge in [0.1, 0.15) is 11.6 Å². The van der Waals surface area contributed by atoms with Crippen LogP contribution in [0.15, 0.2) is 0 Å². The summed E-state index contributed by atoms with van der Waals surface area (Å²) >= 11 is 3.08. The van der Waals surface area contributed by atoms with E-state index in [2.05, 4.69) is 15.9 Å². The van der Waals surface area contributed by atoms with Crippen molar-refractivity contribution in [2.45, 2.75) is 19.3 Å². The van der Waals surface area contributed by atoms with Crippen molar-refractivity contribution in [3.8, 4) is 0 Å². The lowest BCUT2D eigenvalue weighted by Gasteiger charge is -2.01. The van der Waals surface area contributed by atoms with Gasteiger partial charge >= 0.3 is 0 Å². The highest BCUT2D eigenvalue weighted by atomic mass is 79.9. The van der Waals surface area contributed by atoms with E-state index in [1.165, 1.54) is 0 Å². The fourth-order valence-electron chi connectivity index (χ4n) is 1.20. The number of hydrogen-bond donors (Lipinski definition) is 0. The van der Waals surface area contributed by atoms with Crippen LogP contribution in [0.3, 0.4) is 0 Å². The number of ketones is 2. The molecule has 1 aliphatic rings. The van der Waals surface area contributed by atoms with Crippen LogP contribution in [-0.2, 0) is 9.59 Å². The van der Waals surface area contributed by atoms with Crippen molar-refractivity contribution < 1.29 is 9.59 Å². The van der Waals surface area contributed by atoms with Crippen LogP contribution < -0.4 is 0 Å². The van der Waals surface area contributed by atoms with E-state index in [1.807, 2.05) is 0 Å². The van der Waals surface area contributed by atoms with Gasteiger partial charge < -0.3 is 0 Å². The molecule has 0 saturated heterocycles. The third-order valence-electron chi connectivity index (χ3n) is 1.83. The molecule has 1 aliphatic carbocycles. The zero-order valence-corrected chi connectivity index (χ0v) is 7.19. The van der Waals surface area contributed by atoms with Crippen molar-refractivity contribution in [1.29, 1.82) is 0 Å². The normalized spacial score (nSPS) is 25.3. The number of halogens is 1. The van der Waals surface area contributed by atoms with Gasteiger partial charge in [0, 0.05) is 18.8 Å². The van der Waals surface area contributed by atoms with Gasteiger partial charge in [-0.3, -0.25) is 9.59 Å². The number of carbonyl (C=O) groups excluding carboxylic acids is 2. The predicted molar refractivity (Wildman–Crippen MR) is 41.1 cm³/mol. The van der Waals surface area contributed by atoms with Crippen LogP contribution in [-0.4, -0.2) is 16.9 Å². The van der Waals surface area contributed by atoms with E-state index in [-0.39, 0.29) is 17.5 Å². The summed E-state index contributed by atoms with van der Waals surface area (Å²) in [5.41, 5.74) is 0. The third kappa shape index (κ3) is 1.66. The molecular weight excluding hydrogens is 196 g/mol. The van der Waals surface area contributed by atoms with E-state index in [1.54, 1.807) is 0 Å². The zero-order chi connectivity index (χ0) is 7.56. The second-order valence-corrected chi connectivity index (χ2v) is 3.14. The molecule has 2 nitrogen and oxygen atoms in total. The Hall–Kier alpha value is -0.180. The van der Waals surface area contributed by atoms with Gasteiger partial charge in [0.25, 0.3) is 0 Å². The Morgan fingerprint density at radius 2 is 2.40 bits per heavy atom. The maximum absolute atomic E-state index is 11.0. The van der Waals surface area contributed by atoms with Crippen LogP contribution in [0.2, 0.25) is 0 Å². The maximum Gasteiger partial charge on any atom is 0.146 e. The van der Waals surface area contributed by atoms with Gasteiger partial charge in [-0.05, 0) is 6.42 Å². The van der Waals surface area contributed by atoms with Gasteiger partial charge in [-0.15, -0.1) is 0 Å². The quantitative estimate of drug-likeness (QED) is 0.637. The first-order valence-corrected chi connectivity index (χ1v) is 4.46. The molecule has 1 fully saturated rings. The summed E-state index contributed by atoms with van der Waals surface area (Å²) in [5, 5.41) is 0.394. The first kappa shape index (κ1) is 7.92. The molecule has 0 aromatic rings. The molecular formula is C7H9BrO2. The molecule has 1 atom stereocenters. The summed E-state index contributed by atoms with van der Waals surface area (Å²) in [4.78, 5) is 21.7. The second kappa shape index (κ2) is 3.28. The molecule has 0 aromatic carbocycles. The van der Waals surface area contributed by atoms with Crippen LogP contribution in [0.25, 0.3) is 0 Å². The van der Waals surface area contributed by atoms with Crippen molar-refractivity contribution in [1.82, 2.24) is 0 Å². The number of rotatable bonds is 2. The smallest absolute Gasteiger partial charge is 0.146 e. The Labute approximate surface area is 68.1 Å². The van der Waals surface area contributed by atoms with Gasteiger partial charge in [-0.2, -0.15) is 0 Å². The number of hydrogen-bond acceptors (Lipinski definition) is 2. The predicted octanol–water partition coefficient (Wildman–Crippen LogP) is 1.32. The number of Topliss-reactive ketones (excluding diaryl/α,β-unsaturated/α-hetero) is 2. The highest BCUT2D eigenvalue weighted by Gasteiger charge is 2.26. The highest BCUT2D eigenvalue weighted by molar-refractivity contribution is 9.09. The lowest BCUT2D eigenvalue weighted by atomic mass is 10.0. The SMILES string of the molecule is O=C1CCC(C(=O)CBr)C1. The van der Waals surface area contributed by atoms with Gasteiger partial charge in [0.05, 0.1) is 5.33 Å². The summed E-state index contributed by atoms with van der Waals surface area (Å²) in [6.45, 7) is 0. The van der Waals surface area contributed by atoms with Crippen LogP contribution in [0, 0.1) is 5.92 Å². The van der Waals surface area contributed by atoms with E-state index in [9.17, 15) is 9.59 Å². The van der Waals surface area contributed by atoms with Crippen LogP contribution in [0.4, 0.5) is 0 Å². The molecule has 56 valence electrons. The second-order valence-electron chi connectivity index (χ2n) is 2.58. The molecule has 0 N–H and O–H groups in total. The van der Waals surface area contributed by atoms with Gasteiger partial charge in [-0.1, -0.05) is 15.9 Å². The van der Waals surface area contributed by atoms with Crippen molar-refractivity contribution in [3.63, 3.8) is 0 Å². The highest BCUT2D eigenvalue weighted by Crippen LogP contribution is 2.22. The molecule has 0 heterocycles. The van der Waals surface area contributed by atoms with Crippen LogP contribution >= 0.6 is 15.9 Å². The minimum atomic E-state index is 0.0203. The topological polar surface area (TPSA) is 34.1 Å². The Kier molecular flexibility index (Phi) is 2.60. The van der Waals surface area contributed by atoms with E-state index in [0.717, 1.165) is 6.42 Å². The molecule has 0 bridgehead atoms. The Morgan fingerprint density at radius 3 is 2.80 bits per heavy atom. The standard InChI is InChI=1S/C7H9BrO2/c8-4-7(10)5-1-2-6(9)3-5/h5H,1-4H2. The van der Waals surface area contributed by atoms with E-state index in [4.69, 9.17) is 0 Å². The summed E-state index contributed by atoms with van der Waals surface area (Å²) < 4.78 is 0. The summed E-state index contributed by atoms with van der Waals surface area (Å²) in [6, 6.07) is 0. The van der Waals surface area contributed by atoms with E-state index < -0.39 is 0 Å². The minimum absolute atomic E-state index is 0.0203. The van der Waals surface area contributed by atoms with Crippen molar-refractivity contribution in [2.75, 3.05) is 5.33 Å². The molecule has 1 unspecified atom stereocenters. The molecule has 0 aromatic heterocycles. The molecule has 10 heavy (non-hydrogen) atoms. The fraction of sp³-hybridized carbons (Fsp3) is 0.714. The van der Waals surface area contributed by atoms with Crippen molar-refractivity contribution in [3.05, 3.63) is 0 Å². The first-order valence-electron chi connectivity index (χ1n) is 3.34. The largest absolute Gasteiger partial charge is 0.300 e. The molecule has 0 aliphatic heterocycles. The number of alkyl halides is 1. The fourth-order valence-corrected chi connectivity index (χ4v) is 1.66. The number of carbonyl (C=O) groups is 2. The third-order valence-corrected chi connectivity index (χ3v) is 2.39. The Morgan fingerprint density at radius 1 is 1.70 bits per heavy atom. The molecule has 0 radical (unpaired) electrons. The van der Waals surface area contributed by atoms with Gasteiger partial charge in [0.2, 0.25) is 0 Å². The van der Waals surface area contributed by atoms with E-state index >= 15 is 0 Å². The molecule has 3 heteroatoms. The molecule has 1 saturated carbocycles. The lowest BCUT2D eigenvalue weighted by Crippen LogP contribution is -2.11. The molecule has 0 spiro atoms. The molecule has 1 rings (SSSR count). The Bertz CT molecular complexity index is 165. The van der Waals surface area contributed by atoms with Crippen molar-refractivity contribution >= 4 is 27.5 Å². The summed E-state index contributed by atoms with van der Waals surface area (Å²) in [5.74, 6) is 0.428. The van der Waals surface area contributed by atoms with Gasteiger partial charge in [0.15, 0.2) is 0 Å². The monoisotopic (exact) mass is 204 g/mol. The molecule has 0 amide bonds. The average molecular weight is 205 g/mol. The van der Waals surface area contributed by atoms with Crippen LogP contribution in [0.5, 0.6) is 0 Å². The van der Waals surface area contributed by atoms with Gasteiger partial charge in [-0.25, -0.2) is 0 Å². The first-order chi connectivity index (χ1) is 4.74. The van der Waals surface area contributed by atoms with Crippen LogP contribution in [0.1, 0.15) is 19.3 Å². The lowest BCUT2D eigenvalue weighted by molar-refractivity contribution is -0.122.